The predicted octanol–water partition coefficient (Wildman–Crippen LogP) is 3.72. The minimum absolute atomic E-state index is 0.0631. The fourth-order valence-corrected chi connectivity index (χ4v) is 2.49. The summed E-state index contributed by atoms with van der Waals surface area (Å²) in [5.74, 6) is 9.73. The molecule has 2 rings (SSSR count). The number of hydrogen-bond acceptors (Lipinski definition) is 0. The Morgan fingerprint density at radius 3 is 1.44 bits per heavy atom. The van der Waals surface area contributed by atoms with Gasteiger partial charge in [0.15, 0.2) is 0 Å². The Kier molecular flexibility index (Phi) is 4.05. The first-order valence-electron chi connectivity index (χ1n) is 5.68. The Morgan fingerprint density at radius 1 is 0.812 bits per heavy atom. The van der Waals surface area contributed by atoms with Crippen LogP contribution in [0.2, 0.25) is 0 Å². The van der Waals surface area contributed by atoms with E-state index in [1.807, 2.05) is 0 Å². The Morgan fingerprint density at radius 2 is 1.12 bits per heavy atom. The normalized spacial score (nSPS) is 21.5. The summed E-state index contributed by atoms with van der Waals surface area (Å²) in [4.78, 5) is 0. The molecule has 0 fully saturated rings. The first-order chi connectivity index (χ1) is 7.66. The lowest BCUT2D eigenvalue weighted by Gasteiger charge is -2.26. The van der Waals surface area contributed by atoms with E-state index in [4.69, 9.17) is 22.9 Å². The fourth-order valence-electron chi connectivity index (χ4n) is 2.15. The Balaban J connectivity index is 2.01. The predicted molar refractivity (Wildman–Crippen MR) is 75.9 cm³/mol. The summed E-state index contributed by atoms with van der Waals surface area (Å²) >= 11 is 11.9. The van der Waals surface area contributed by atoms with E-state index in [2.05, 4.69) is 55.1 Å². The maximum atomic E-state index is 5.97. The van der Waals surface area contributed by atoms with Crippen molar-refractivity contribution >= 4 is 35.2 Å². The van der Waals surface area contributed by atoms with Gasteiger partial charge in [0.05, 0.1) is 0 Å². The summed E-state index contributed by atoms with van der Waals surface area (Å²) in [5.41, 5.74) is 0. The minimum Gasteiger partial charge on any atom is -0.183 e. The van der Waals surface area contributed by atoms with Crippen molar-refractivity contribution in [2.45, 2.75) is 6.92 Å². The number of hydrogen-bond donors (Lipinski definition) is 0. The quantitative estimate of drug-likeness (QED) is 0.656. The molecule has 0 aromatic rings. The molecule has 0 bridgehead atoms. The first kappa shape index (κ1) is 12.1. The van der Waals surface area contributed by atoms with E-state index in [1.165, 1.54) is 0 Å². The van der Waals surface area contributed by atoms with Gasteiger partial charge in [-0.05, 0) is 17.8 Å². The SMILES string of the molecule is CC(C1C=CB(Cl)C=C1)C1C=CB(Cl)C=C1. The van der Waals surface area contributed by atoms with Crippen LogP contribution >= 0.6 is 22.9 Å². The molecule has 2 aliphatic heterocycles. The van der Waals surface area contributed by atoms with Gasteiger partial charge in [-0.15, -0.1) is 0 Å². The van der Waals surface area contributed by atoms with Crippen molar-refractivity contribution in [1.82, 2.24) is 0 Å². The van der Waals surface area contributed by atoms with Crippen molar-refractivity contribution < 1.29 is 0 Å². The fraction of sp³-hybridized carbons (Fsp3) is 0.333. The molecule has 2 heterocycles. The van der Waals surface area contributed by atoms with E-state index < -0.39 is 0 Å². The van der Waals surface area contributed by atoms with Gasteiger partial charge in [-0.1, -0.05) is 55.1 Å². The van der Waals surface area contributed by atoms with Crippen LogP contribution in [0.15, 0.2) is 48.2 Å². The molecule has 0 nitrogen and oxygen atoms in total. The summed E-state index contributed by atoms with van der Waals surface area (Å²) in [6, 6.07) is 0. The summed E-state index contributed by atoms with van der Waals surface area (Å²) in [7, 11) is 0. The van der Waals surface area contributed by atoms with E-state index in [0.717, 1.165) is 0 Å². The molecule has 0 saturated carbocycles. The van der Waals surface area contributed by atoms with E-state index in [1.54, 1.807) is 0 Å². The van der Waals surface area contributed by atoms with Crippen molar-refractivity contribution in [2.24, 2.45) is 17.8 Å². The largest absolute Gasteiger partial charge is 0.300 e. The average Bonchev–Trinajstić information content (AvgIpc) is 2.30. The van der Waals surface area contributed by atoms with Crippen LogP contribution < -0.4 is 0 Å². The second-order valence-electron chi connectivity index (χ2n) is 4.44. The molecule has 0 spiro atoms. The number of rotatable bonds is 2. The highest BCUT2D eigenvalue weighted by molar-refractivity contribution is 7.13. The van der Waals surface area contributed by atoms with Crippen molar-refractivity contribution in [3.8, 4) is 0 Å². The molecule has 0 N–H and O–H groups in total. The second kappa shape index (κ2) is 5.33. The Bertz CT molecular complexity index is 298. The van der Waals surface area contributed by atoms with Crippen LogP contribution in [-0.4, -0.2) is 12.3 Å². The van der Waals surface area contributed by atoms with Crippen LogP contribution in [0.4, 0.5) is 0 Å². The Hall–Kier alpha value is -0.330. The highest BCUT2D eigenvalue weighted by Gasteiger charge is 2.23. The topological polar surface area (TPSA) is 0 Å². The van der Waals surface area contributed by atoms with Crippen LogP contribution in [0, 0.1) is 17.8 Å². The molecule has 0 aromatic carbocycles. The van der Waals surface area contributed by atoms with Gasteiger partial charge in [-0.25, -0.2) is 0 Å². The lowest BCUT2D eigenvalue weighted by molar-refractivity contribution is 0.430. The molecule has 2 aliphatic rings. The van der Waals surface area contributed by atoms with Gasteiger partial charge in [0.25, 0.3) is 12.3 Å². The second-order valence-corrected chi connectivity index (χ2v) is 5.45. The monoisotopic (exact) mass is 250 g/mol. The van der Waals surface area contributed by atoms with Gasteiger partial charge in [0.1, 0.15) is 0 Å². The first-order valence-corrected chi connectivity index (χ1v) is 6.55. The molecule has 0 aliphatic carbocycles. The van der Waals surface area contributed by atoms with E-state index in [-0.39, 0.29) is 12.3 Å². The van der Waals surface area contributed by atoms with E-state index in [0.29, 0.717) is 17.8 Å². The zero-order valence-corrected chi connectivity index (χ0v) is 10.8. The molecule has 82 valence electrons. The van der Waals surface area contributed by atoms with Gasteiger partial charge in [-0.3, -0.25) is 0 Å². The van der Waals surface area contributed by atoms with Gasteiger partial charge in [-0.2, -0.15) is 22.9 Å². The van der Waals surface area contributed by atoms with Crippen molar-refractivity contribution in [2.75, 3.05) is 0 Å². The highest BCUT2D eigenvalue weighted by Crippen LogP contribution is 2.29. The lowest BCUT2D eigenvalue weighted by atomic mass is 9.65. The van der Waals surface area contributed by atoms with Gasteiger partial charge in [0, 0.05) is 0 Å². The maximum absolute atomic E-state index is 5.97. The van der Waals surface area contributed by atoms with E-state index >= 15 is 0 Å². The summed E-state index contributed by atoms with van der Waals surface area (Å²) in [6.45, 7) is 2.27. The van der Waals surface area contributed by atoms with Crippen molar-refractivity contribution in [3.05, 3.63) is 48.2 Å². The Labute approximate surface area is 108 Å². The number of allylic oxidation sites excluding steroid dienone is 4. The zero-order chi connectivity index (χ0) is 11.5. The molecule has 16 heavy (non-hydrogen) atoms. The van der Waals surface area contributed by atoms with Crippen molar-refractivity contribution in [3.63, 3.8) is 0 Å². The average molecular weight is 251 g/mol. The van der Waals surface area contributed by atoms with Gasteiger partial charge < -0.3 is 0 Å². The number of halogens is 2. The maximum Gasteiger partial charge on any atom is 0.300 e. The molecule has 0 atom stereocenters. The minimum atomic E-state index is 0.0631. The molecular weight excluding hydrogens is 237 g/mol. The van der Waals surface area contributed by atoms with Gasteiger partial charge in [0.2, 0.25) is 0 Å². The smallest absolute Gasteiger partial charge is 0.183 e. The molecule has 4 heteroatoms. The molecule has 0 unspecified atom stereocenters. The molecular formula is C12H14B2Cl2. The van der Waals surface area contributed by atoms with Crippen LogP contribution in [0.5, 0.6) is 0 Å². The third-order valence-electron chi connectivity index (χ3n) is 3.28. The molecule has 0 amide bonds. The summed E-state index contributed by atoms with van der Waals surface area (Å²) in [5, 5.41) is 0. The lowest BCUT2D eigenvalue weighted by Crippen LogP contribution is -2.20. The van der Waals surface area contributed by atoms with Crippen LogP contribution in [0.25, 0.3) is 0 Å². The van der Waals surface area contributed by atoms with Gasteiger partial charge >= 0.3 is 0 Å². The van der Waals surface area contributed by atoms with Crippen molar-refractivity contribution in [1.29, 1.82) is 0 Å². The third-order valence-corrected chi connectivity index (χ3v) is 3.86. The molecule has 0 aromatic heterocycles. The zero-order valence-electron chi connectivity index (χ0n) is 9.26. The highest BCUT2D eigenvalue weighted by atomic mass is 35.5. The summed E-state index contributed by atoms with van der Waals surface area (Å²) in [6.07, 6.45) is 8.95. The molecule has 0 radical (unpaired) electrons. The van der Waals surface area contributed by atoms with Crippen LogP contribution in [0.1, 0.15) is 6.92 Å². The van der Waals surface area contributed by atoms with Crippen LogP contribution in [-0.2, 0) is 0 Å². The van der Waals surface area contributed by atoms with E-state index in [9.17, 15) is 0 Å². The molecule has 0 saturated heterocycles. The van der Waals surface area contributed by atoms with Crippen LogP contribution in [0.3, 0.4) is 0 Å². The standard InChI is InChI=1S/C12H14B2Cl2/c1-10(11-2-6-13(15)7-3-11)12-4-8-14(16)9-5-12/h2-12H,1H3. The summed E-state index contributed by atoms with van der Waals surface area (Å²) < 4.78 is 0. The third kappa shape index (κ3) is 2.87.